The molecule has 0 spiro atoms. The van der Waals surface area contributed by atoms with Gasteiger partial charge < -0.3 is 20.4 Å². The molecule has 3 aromatic carbocycles. The van der Waals surface area contributed by atoms with E-state index in [0.29, 0.717) is 0 Å². The molecule has 0 aliphatic rings. The topological polar surface area (TPSA) is 62.7 Å². The molecule has 0 saturated heterocycles. The van der Waals surface area contributed by atoms with Crippen molar-refractivity contribution >= 4 is 0 Å². The molecule has 3 aromatic rings. The van der Waals surface area contributed by atoms with Crippen LogP contribution in [0.15, 0.2) is 72.8 Å². The third kappa shape index (κ3) is 4.84. The van der Waals surface area contributed by atoms with E-state index >= 15 is 0 Å². The van der Waals surface area contributed by atoms with Gasteiger partial charge in [0, 0.05) is 0 Å². The van der Waals surface area contributed by atoms with Gasteiger partial charge in [0.15, 0.2) is 0 Å². The fourth-order valence-electron chi connectivity index (χ4n) is 3.57. The molecule has 0 aromatic heterocycles. The molecule has 3 N–H and O–H groups in total. The summed E-state index contributed by atoms with van der Waals surface area (Å²) in [4.78, 5) is 0. The lowest BCUT2D eigenvalue weighted by atomic mass is 9.85. The molecular weight excluding hydrogens is 350 g/mol. The zero-order valence-corrected chi connectivity index (χ0v) is 16.9. The second kappa shape index (κ2) is 10.4. The van der Waals surface area contributed by atoms with Gasteiger partial charge in [-0.2, -0.15) is 0 Å². The second-order valence-corrected chi connectivity index (χ2v) is 6.47. The Labute approximate surface area is 167 Å². The van der Waals surface area contributed by atoms with Crippen LogP contribution in [0.4, 0.5) is 0 Å². The highest BCUT2D eigenvalue weighted by Crippen LogP contribution is 2.35. The molecule has 0 aliphatic carbocycles. The van der Waals surface area contributed by atoms with Crippen LogP contribution < -0.4 is 20.4 Å². The summed E-state index contributed by atoms with van der Waals surface area (Å²) in [7, 11) is 5.16. The number of ether oxygens (including phenoxy) is 3. The number of rotatable bonds is 8. The molecule has 0 heterocycles. The van der Waals surface area contributed by atoms with Crippen LogP contribution in [-0.4, -0.2) is 21.3 Å². The van der Waals surface area contributed by atoms with Crippen LogP contribution in [0.2, 0.25) is 0 Å². The van der Waals surface area contributed by atoms with Crippen molar-refractivity contribution in [1.82, 2.24) is 6.15 Å². The smallest absolute Gasteiger partial charge is 0.122 e. The Morgan fingerprint density at radius 2 is 0.964 bits per heavy atom. The normalized spacial score (nSPS) is 10.3. The van der Waals surface area contributed by atoms with Crippen molar-refractivity contribution in [2.45, 2.75) is 18.8 Å². The van der Waals surface area contributed by atoms with Gasteiger partial charge in [0.25, 0.3) is 0 Å². The van der Waals surface area contributed by atoms with Crippen molar-refractivity contribution in [3.8, 4) is 17.2 Å². The highest BCUT2D eigenvalue weighted by molar-refractivity contribution is 5.43. The van der Waals surface area contributed by atoms with E-state index < -0.39 is 0 Å². The summed E-state index contributed by atoms with van der Waals surface area (Å²) >= 11 is 0. The molecule has 4 heteroatoms. The summed E-state index contributed by atoms with van der Waals surface area (Å²) in [5.41, 5.74) is 3.56. The molecule has 0 radical (unpaired) electrons. The van der Waals surface area contributed by atoms with Gasteiger partial charge in [-0.1, -0.05) is 54.6 Å². The van der Waals surface area contributed by atoms with E-state index in [1.807, 2.05) is 36.4 Å². The van der Waals surface area contributed by atoms with Gasteiger partial charge in [-0.05, 0) is 53.6 Å². The molecule has 0 atom stereocenters. The molecule has 0 bridgehead atoms. The molecule has 0 unspecified atom stereocenters. The largest absolute Gasteiger partial charge is 0.496 e. The minimum atomic E-state index is 0. The van der Waals surface area contributed by atoms with E-state index in [0.717, 1.165) is 30.1 Å². The van der Waals surface area contributed by atoms with E-state index in [2.05, 4.69) is 36.4 Å². The first-order valence-corrected chi connectivity index (χ1v) is 9.13. The Kier molecular flexibility index (Phi) is 7.90. The molecule has 0 saturated carbocycles. The van der Waals surface area contributed by atoms with Crippen molar-refractivity contribution in [2.24, 2.45) is 0 Å². The van der Waals surface area contributed by atoms with Gasteiger partial charge in [0.05, 0.1) is 21.3 Å². The minimum Gasteiger partial charge on any atom is -0.496 e. The molecular formula is C24H29NO3. The standard InChI is InChI=1S/C24H26O3.H3N/c1-25-22-13-7-4-10-18(22)16-20(21-12-6-9-15-24(21)27-3)17-19-11-5-8-14-23(19)26-2;/h4-15,20H,16-17H2,1-3H3;1H3. The zero-order chi connectivity index (χ0) is 19.1. The summed E-state index contributed by atoms with van der Waals surface area (Å²) in [6.45, 7) is 0. The maximum absolute atomic E-state index is 5.65. The molecule has 0 aliphatic heterocycles. The van der Waals surface area contributed by atoms with Crippen molar-refractivity contribution in [2.75, 3.05) is 21.3 Å². The summed E-state index contributed by atoms with van der Waals surface area (Å²) in [6.07, 6.45) is 1.70. The maximum atomic E-state index is 5.65. The molecule has 3 rings (SSSR count). The quantitative estimate of drug-likeness (QED) is 0.566. The first-order valence-electron chi connectivity index (χ1n) is 9.13. The average Bonchev–Trinajstić information content (AvgIpc) is 2.74. The van der Waals surface area contributed by atoms with Crippen LogP contribution in [-0.2, 0) is 12.8 Å². The fourth-order valence-corrected chi connectivity index (χ4v) is 3.57. The van der Waals surface area contributed by atoms with Crippen LogP contribution in [0.25, 0.3) is 0 Å². The number of hydrogen-bond acceptors (Lipinski definition) is 4. The fraction of sp³-hybridized carbons (Fsp3) is 0.250. The minimum absolute atomic E-state index is 0. The Hall–Kier alpha value is -2.98. The first-order chi connectivity index (χ1) is 13.3. The lowest BCUT2D eigenvalue weighted by Crippen LogP contribution is -2.10. The number of benzene rings is 3. The summed E-state index contributed by atoms with van der Waals surface area (Å²) in [5.74, 6) is 2.97. The van der Waals surface area contributed by atoms with Gasteiger partial charge in [-0.15, -0.1) is 0 Å². The number of para-hydroxylation sites is 3. The van der Waals surface area contributed by atoms with Crippen LogP contribution in [0.5, 0.6) is 17.2 Å². The van der Waals surface area contributed by atoms with Gasteiger partial charge >= 0.3 is 0 Å². The van der Waals surface area contributed by atoms with Gasteiger partial charge in [0.1, 0.15) is 17.2 Å². The Morgan fingerprint density at radius 1 is 0.571 bits per heavy atom. The molecule has 148 valence electrons. The summed E-state index contributed by atoms with van der Waals surface area (Å²) < 4.78 is 16.8. The van der Waals surface area contributed by atoms with Crippen LogP contribution in [0, 0.1) is 0 Å². The van der Waals surface area contributed by atoms with Crippen molar-refractivity contribution in [1.29, 1.82) is 0 Å². The molecule has 0 fully saturated rings. The SMILES string of the molecule is COc1ccccc1CC(Cc1ccccc1OC)c1ccccc1OC.N. The van der Waals surface area contributed by atoms with Crippen LogP contribution >= 0.6 is 0 Å². The number of methoxy groups -OCH3 is 3. The summed E-state index contributed by atoms with van der Waals surface area (Å²) in [6, 6.07) is 24.6. The zero-order valence-electron chi connectivity index (χ0n) is 16.9. The van der Waals surface area contributed by atoms with Crippen LogP contribution in [0.1, 0.15) is 22.6 Å². The number of hydrogen-bond donors (Lipinski definition) is 1. The van der Waals surface area contributed by atoms with Gasteiger partial charge in [-0.3, -0.25) is 0 Å². The van der Waals surface area contributed by atoms with Gasteiger partial charge in [-0.25, -0.2) is 0 Å². The van der Waals surface area contributed by atoms with Crippen molar-refractivity contribution in [3.05, 3.63) is 89.5 Å². The molecule has 0 amide bonds. The van der Waals surface area contributed by atoms with E-state index in [1.54, 1.807) is 21.3 Å². The van der Waals surface area contributed by atoms with Crippen molar-refractivity contribution in [3.63, 3.8) is 0 Å². The predicted octanol–water partition coefficient (Wildman–Crippen LogP) is 5.44. The van der Waals surface area contributed by atoms with E-state index in [9.17, 15) is 0 Å². The molecule has 4 nitrogen and oxygen atoms in total. The average molecular weight is 380 g/mol. The summed E-state index contributed by atoms with van der Waals surface area (Å²) in [5, 5.41) is 0. The van der Waals surface area contributed by atoms with Crippen LogP contribution in [0.3, 0.4) is 0 Å². The third-order valence-electron chi connectivity index (χ3n) is 4.90. The first kappa shape index (κ1) is 21.3. The predicted molar refractivity (Wildman–Crippen MR) is 114 cm³/mol. The monoisotopic (exact) mass is 379 g/mol. The second-order valence-electron chi connectivity index (χ2n) is 6.47. The Bertz CT molecular complexity index is 829. The van der Waals surface area contributed by atoms with Gasteiger partial charge in [0.2, 0.25) is 0 Å². The highest BCUT2D eigenvalue weighted by atomic mass is 16.5. The Morgan fingerprint density at radius 3 is 1.43 bits per heavy atom. The Balaban J connectivity index is 0.00000280. The highest BCUT2D eigenvalue weighted by Gasteiger charge is 2.20. The lowest BCUT2D eigenvalue weighted by Gasteiger charge is -2.22. The lowest BCUT2D eigenvalue weighted by molar-refractivity contribution is 0.396. The van der Waals surface area contributed by atoms with E-state index in [-0.39, 0.29) is 12.1 Å². The van der Waals surface area contributed by atoms with E-state index in [4.69, 9.17) is 14.2 Å². The third-order valence-corrected chi connectivity index (χ3v) is 4.90. The molecule has 28 heavy (non-hydrogen) atoms. The maximum Gasteiger partial charge on any atom is 0.122 e. The van der Waals surface area contributed by atoms with E-state index in [1.165, 1.54) is 16.7 Å². The van der Waals surface area contributed by atoms with Crippen molar-refractivity contribution < 1.29 is 14.2 Å².